The Morgan fingerprint density at radius 2 is 1.82 bits per heavy atom. The van der Waals surface area contributed by atoms with Crippen molar-refractivity contribution in [3.05, 3.63) is 52.7 Å². The smallest absolute Gasteiger partial charge is 0.232 e. The molecule has 0 spiro atoms. The van der Waals surface area contributed by atoms with Gasteiger partial charge in [0.1, 0.15) is 0 Å². The van der Waals surface area contributed by atoms with Crippen molar-refractivity contribution in [3.63, 3.8) is 0 Å². The quantitative estimate of drug-likeness (QED) is 0.665. The zero-order valence-electron chi connectivity index (χ0n) is 9.05. The fourth-order valence-electron chi connectivity index (χ4n) is 1.40. The molecule has 0 saturated carbocycles. The van der Waals surface area contributed by atoms with E-state index in [4.69, 9.17) is 0 Å². The van der Waals surface area contributed by atoms with Gasteiger partial charge in [0, 0.05) is 5.69 Å². The van der Waals surface area contributed by atoms with Crippen molar-refractivity contribution in [3.8, 4) is 0 Å². The molecule has 3 nitrogen and oxygen atoms in total. The molecule has 86 valence electrons. The average molecular weight is 245 g/mol. The second-order valence-electron chi connectivity index (χ2n) is 3.49. The molecule has 0 radical (unpaired) electrons. The van der Waals surface area contributed by atoms with Crippen LogP contribution in [0.25, 0.3) is 0 Å². The highest BCUT2D eigenvalue weighted by Gasteiger charge is 2.12. The highest BCUT2D eigenvalue weighted by molar-refractivity contribution is 7.12. The molecule has 0 unspecified atom stereocenters. The fraction of sp³-hybridized carbons (Fsp3) is 0.0769. The number of para-hydroxylation sites is 1. The number of carbonyl (C=O) groups excluding carboxylic acids is 2. The van der Waals surface area contributed by atoms with Crippen molar-refractivity contribution in [1.82, 2.24) is 0 Å². The summed E-state index contributed by atoms with van der Waals surface area (Å²) in [6.07, 6.45) is -0.116. The zero-order chi connectivity index (χ0) is 12.1. The van der Waals surface area contributed by atoms with Crippen molar-refractivity contribution < 1.29 is 9.59 Å². The van der Waals surface area contributed by atoms with E-state index in [1.165, 1.54) is 11.3 Å². The number of Topliss-reactive ketones (excluding diaryl/α,β-unsaturated/α-hetero) is 1. The van der Waals surface area contributed by atoms with Crippen LogP contribution >= 0.6 is 11.3 Å². The lowest BCUT2D eigenvalue weighted by Crippen LogP contribution is -2.15. The van der Waals surface area contributed by atoms with E-state index in [1.807, 2.05) is 23.6 Å². The Morgan fingerprint density at radius 1 is 1.06 bits per heavy atom. The van der Waals surface area contributed by atoms with Gasteiger partial charge in [-0.25, -0.2) is 0 Å². The highest BCUT2D eigenvalue weighted by Crippen LogP contribution is 2.12. The van der Waals surface area contributed by atoms with Crippen LogP contribution in [0, 0.1) is 0 Å². The number of rotatable bonds is 4. The van der Waals surface area contributed by atoms with E-state index in [1.54, 1.807) is 24.3 Å². The number of hydrogen-bond donors (Lipinski definition) is 1. The van der Waals surface area contributed by atoms with E-state index >= 15 is 0 Å². The number of ketones is 1. The third-order valence-electron chi connectivity index (χ3n) is 2.17. The molecule has 1 aromatic heterocycles. The predicted molar refractivity (Wildman–Crippen MR) is 68.3 cm³/mol. The Morgan fingerprint density at radius 3 is 2.47 bits per heavy atom. The van der Waals surface area contributed by atoms with Crippen LogP contribution in [-0.4, -0.2) is 11.7 Å². The predicted octanol–water partition coefficient (Wildman–Crippen LogP) is 2.96. The van der Waals surface area contributed by atoms with Crippen LogP contribution < -0.4 is 5.32 Å². The summed E-state index contributed by atoms with van der Waals surface area (Å²) in [6, 6.07) is 12.6. The van der Waals surface area contributed by atoms with Crippen LogP contribution in [0.15, 0.2) is 47.8 Å². The first-order valence-electron chi connectivity index (χ1n) is 5.17. The van der Waals surface area contributed by atoms with Gasteiger partial charge in [0.15, 0.2) is 5.78 Å². The minimum absolute atomic E-state index is 0.116. The zero-order valence-corrected chi connectivity index (χ0v) is 9.87. The number of amides is 1. The van der Waals surface area contributed by atoms with Crippen LogP contribution in [0.3, 0.4) is 0 Å². The van der Waals surface area contributed by atoms with Crippen LogP contribution in [0.5, 0.6) is 0 Å². The van der Waals surface area contributed by atoms with Gasteiger partial charge in [0.2, 0.25) is 5.91 Å². The molecule has 0 fully saturated rings. The van der Waals surface area contributed by atoms with Crippen molar-refractivity contribution in [2.45, 2.75) is 6.42 Å². The molecule has 2 aromatic rings. The van der Waals surface area contributed by atoms with E-state index in [9.17, 15) is 9.59 Å². The van der Waals surface area contributed by atoms with Crippen molar-refractivity contribution in [2.24, 2.45) is 0 Å². The molecule has 0 aliphatic heterocycles. The standard InChI is InChI=1S/C13H11NO2S/c15-11(12-7-4-8-17-12)9-13(16)14-10-5-2-1-3-6-10/h1-8H,9H2,(H,14,16). The van der Waals surface area contributed by atoms with E-state index in [-0.39, 0.29) is 18.1 Å². The van der Waals surface area contributed by atoms with Gasteiger partial charge in [-0.15, -0.1) is 11.3 Å². The summed E-state index contributed by atoms with van der Waals surface area (Å²) in [5.41, 5.74) is 0.705. The molecule has 0 bridgehead atoms. The number of thiophene rings is 1. The number of carbonyl (C=O) groups is 2. The molecule has 0 atom stereocenters. The minimum Gasteiger partial charge on any atom is -0.326 e. The van der Waals surface area contributed by atoms with Gasteiger partial charge in [0.25, 0.3) is 0 Å². The highest BCUT2D eigenvalue weighted by atomic mass is 32.1. The minimum atomic E-state index is -0.283. The average Bonchev–Trinajstić information content (AvgIpc) is 2.83. The van der Waals surface area contributed by atoms with Crippen LogP contribution in [0.1, 0.15) is 16.1 Å². The fourth-order valence-corrected chi connectivity index (χ4v) is 2.06. The van der Waals surface area contributed by atoms with Gasteiger partial charge in [0.05, 0.1) is 11.3 Å². The van der Waals surface area contributed by atoms with Gasteiger partial charge in [-0.2, -0.15) is 0 Å². The van der Waals surface area contributed by atoms with Gasteiger partial charge in [-0.1, -0.05) is 24.3 Å². The van der Waals surface area contributed by atoms with E-state index < -0.39 is 0 Å². The number of hydrogen-bond acceptors (Lipinski definition) is 3. The second-order valence-corrected chi connectivity index (χ2v) is 4.44. The van der Waals surface area contributed by atoms with Crippen LogP contribution in [0.4, 0.5) is 5.69 Å². The topological polar surface area (TPSA) is 46.2 Å². The maximum Gasteiger partial charge on any atom is 0.232 e. The van der Waals surface area contributed by atoms with Gasteiger partial charge >= 0.3 is 0 Å². The Bertz CT molecular complexity index is 505. The van der Waals surface area contributed by atoms with Gasteiger partial charge in [-0.3, -0.25) is 9.59 Å². The molecule has 1 aromatic carbocycles. The van der Waals surface area contributed by atoms with Crippen molar-refractivity contribution >= 4 is 28.7 Å². The SMILES string of the molecule is O=C(CC(=O)c1cccs1)Nc1ccccc1. The Balaban J connectivity index is 1.92. The maximum absolute atomic E-state index is 11.7. The van der Waals surface area contributed by atoms with Crippen molar-refractivity contribution in [1.29, 1.82) is 0 Å². The molecular weight excluding hydrogens is 234 g/mol. The van der Waals surface area contributed by atoms with E-state index in [0.717, 1.165) is 0 Å². The summed E-state index contributed by atoms with van der Waals surface area (Å²) < 4.78 is 0. The Labute approximate surface area is 103 Å². The Hall–Kier alpha value is -1.94. The second kappa shape index (κ2) is 5.41. The molecule has 17 heavy (non-hydrogen) atoms. The number of anilines is 1. The third kappa shape index (κ3) is 3.26. The molecule has 4 heteroatoms. The molecule has 1 heterocycles. The maximum atomic E-state index is 11.7. The molecule has 0 aliphatic carbocycles. The summed E-state index contributed by atoms with van der Waals surface area (Å²) in [6.45, 7) is 0. The van der Waals surface area contributed by atoms with Gasteiger partial charge < -0.3 is 5.32 Å². The van der Waals surface area contributed by atoms with Gasteiger partial charge in [-0.05, 0) is 23.6 Å². The molecule has 0 saturated heterocycles. The molecule has 1 amide bonds. The van der Waals surface area contributed by atoms with E-state index in [0.29, 0.717) is 10.6 Å². The largest absolute Gasteiger partial charge is 0.326 e. The number of benzene rings is 1. The molecular formula is C13H11NO2S. The molecule has 2 rings (SSSR count). The van der Waals surface area contributed by atoms with E-state index in [2.05, 4.69) is 5.32 Å². The lowest BCUT2D eigenvalue weighted by molar-refractivity contribution is -0.115. The first-order chi connectivity index (χ1) is 8.25. The summed E-state index contributed by atoms with van der Waals surface area (Å²) in [4.78, 5) is 23.9. The van der Waals surface area contributed by atoms with Crippen molar-refractivity contribution in [2.75, 3.05) is 5.32 Å². The normalized spacial score (nSPS) is 9.88. The summed E-state index contributed by atoms with van der Waals surface area (Å²) in [5, 5.41) is 4.50. The number of nitrogens with one attached hydrogen (secondary N) is 1. The first kappa shape index (κ1) is 11.5. The third-order valence-corrected chi connectivity index (χ3v) is 3.09. The first-order valence-corrected chi connectivity index (χ1v) is 6.05. The summed E-state index contributed by atoms with van der Waals surface area (Å²) in [5.74, 6) is -0.428. The Kier molecular flexibility index (Phi) is 3.67. The van der Waals surface area contributed by atoms with Crippen LogP contribution in [0.2, 0.25) is 0 Å². The van der Waals surface area contributed by atoms with Crippen LogP contribution in [-0.2, 0) is 4.79 Å². The molecule has 0 aliphatic rings. The lowest BCUT2D eigenvalue weighted by Gasteiger charge is -2.03. The molecule has 1 N–H and O–H groups in total. The monoisotopic (exact) mass is 245 g/mol. The lowest BCUT2D eigenvalue weighted by atomic mass is 10.2. The summed E-state index contributed by atoms with van der Waals surface area (Å²) in [7, 11) is 0. The summed E-state index contributed by atoms with van der Waals surface area (Å²) >= 11 is 1.35.